The minimum atomic E-state index is -0.0226. The fourth-order valence-corrected chi connectivity index (χ4v) is 2.12. The summed E-state index contributed by atoms with van der Waals surface area (Å²) in [5, 5.41) is 14.2. The van der Waals surface area contributed by atoms with Crippen LogP contribution in [-0.2, 0) is 0 Å². The quantitative estimate of drug-likeness (QED) is 0.467. The van der Waals surface area contributed by atoms with E-state index in [1.54, 1.807) is 31.1 Å². The van der Waals surface area contributed by atoms with Gasteiger partial charge in [-0.1, -0.05) is 0 Å². The second kappa shape index (κ2) is 6.28. The van der Waals surface area contributed by atoms with Gasteiger partial charge in [-0.05, 0) is 13.8 Å². The van der Waals surface area contributed by atoms with Crippen LogP contribution in [-0.4, -0.2) is 43.5 Å². The van der Waals surface area contributed by atoms with Crippen molar-refractivity contribution < 1.29 is 4.79 Å². The van der Waals surface area contributed by atoms with Crippen molar-refractivity contribution >= 4 is 23.5 Å². The summed E-state index contributed by atoms with van der Waals surface area (Å²) in [5.74, 6) is 1.33. The second-order valence-corrected chi connectivity index (χ2v) is 4.95. The summed E-state index contributed by atoms with van der Waals surface area (Å²) >= 11 is 1.58. The lowest BCUT2D eigenvalue weighted by Crippen LogP contribution is -2.10. The molecule has 2 aromatic rings. The number of rotatable bonds is 6. The van der Waals surface area contributed by atoms with Gasteiger partial charge in [0.2, 0.25) is 5.95 Å². The first-order chi connectivity index (χ1) is 9.16. The lowest BCUT2D eigenvalue weighted by Gasteiger charge is -2.06. The van der Waals surface area contributed by atoms with Crippen LogP contribution in [0.4, 0.5) is 5.95 Å². The molecule has 0 fully saturated rings. The average Bonchev–Trinajstić information content (AvgIpc) is 2.87. The molecule has 0 aromatic carbocycles. The lowest BCUT2D eigenvalue weighted by atomic mass is 10.2. The van der Waals surface area contributed by atoms with Gasteiger partial charge < -0.3 is 5.32 Å². The normalized spacial score (nSPS) is 10.4. The number of nitrogens with zero attached hydrogens (tertiary/aromatic N) is 4. The highest BCUT2D eigenvalue weighted by atomic mass is 32.2. The molecular weight excluding hydrogens is 264 g/mol. The zero-order valence-corrected chi connectivity index (χ0v) is 11.5. The second-order valence-electron chi connectivity index (χ2n) is 3.83. The predicted octanol–water partition coefficient (Wildman–Crippen LogP) is 1.31. The van der Waals surface area contributed by atoms with Crippen molar-refractivity contribution in [3.8, 4) is 0 Å². The third kappa shape index (κ3) is 3.75. The van der Waals surface area contributed by atoms with Gasteiger partial charge in [-0.25, -0.2) is 9.97 Å². The molecule has 2 N–H and O–H groups in total. The molecule has 0 spiro atoms. The highest BCUT2D eigenvalue weighted by Crippen LogP contribution is 2.12. The number of aryl methyl sites for hydroxylation is 1. The Balaban J connectivity index is 1.83. The number of carbonyl (C=O) groups is 1. The van der Waals surface area contributed by atoms with E-state index in [0.717, 1.165) is 10.8 Å². The Morgan fingerprint density at radius 2 is 2.32 bits per heavy atom. The van der Waals surface area contributed by atoms with Crippen LogP contribution in [0.3, 0.4) is 0 Å². The average molecular weight is 278 g/mol. The first-order valence-electron chi connectivity index (χ1n) is 5.74. The number of ketones is 1. The molecule has 8 heteroatoms. The maximum Gasteiger partial charge on any atom is 0.222 e. The highest BCUT2D eigenvalue weighted by Gasteiger charge is 2.06. The molecule has 100 valence electrons. The van der Waals surface area contributed by atoms with Gasteiger partial charge in [0.05, 0.1) is 17.5 Å². The van der Waals surface area contributed by atoms with E-state index in [1.165, 1.54) is 6.92 Å². The van der Waals surface area contributed by atoms with Crippen LogP contribution in [0.25, 0.3) is 0 Å². The first-order valence-corrected chi connectivity index (χ1v) is 6.72. The standard InChI is InChI=1S/C11H14N6OS/c1-7-9(8(2)18)5-13-11(15-7)12-3-4-19-10-6-14-17-16-10/h5-6H,3-4H2,1-2H3,(H,12,13,15)(H,14,16,17). The largest absolute Gasteiger partial charge is 0.353 e. The summed E-state index contributed by atoms with van der Waals surface area (Å²) in [4.78, 5) is 19.6. The number of aromatic nitrogens is 5. The Kier molecular flexibility index (Phi) is 4.45. The number of aromatic amines is 1. The number of hydrogen-bond donors (Lipinski definition) is 2. The van der Waals surface area contributed by atoms with Gasteiger partial charge in [0.15, 0.2) is 5.78 Å². The summed E-state index contributed by atoms with van der Waals surface area (Å²) in [6.07, 6.45) is 3.23. The summed E-state index contributed by atoms with van der Waals surface area (Å²) in [6.45, 7) is 4.01. The maximum atomic E-state index is 11.2. The van der Waals surface area contributed by atoms with E-state index in [4.69, 9.17) is 0 Å². The molecule has 0 bridgehead atoms. The van der Waals surface area contributed by atoms with Gasteiger partial charge in [-0.15, -0.1) is 16.9 Å². The molecule has 19 heavy (non-hydrogen) atoms. The summed E-state index contributed by atoms with van der Waals surface area (Å²) in [7, 11) is 0. The Morgan fingerprint density at radius 1 is 1.47 bits per heavy atom. The predicted molar refractivity (Wildman–Crippen MR) is 72.4 cm³/mol. The van der Waals surface area contributed by atoms with Crippen LogP contribution in [0.5, 0.6) is 0 Å². The molecule has 0 aliphatic rings. The van der Waals surface area contributed by atoms with Crippen LogP contribution in [0.2, 0.25) is 0 Å². The molecule has 0 aliphatic heterocycles. The monoisotopic (exact) mass is 278 g/mol. The molecule has 0 radical (unpaired) electrons. The summed E-state index contributed by atoms with van der Waals surface area (Å²) < 4.78 is 0. The molecule has 2 heterocycles. The van der Waals surface area contributed by atoms with E-state index < -0.39 is 0 Å². The fourth-order valence-electron chi connectivity index (χ4n) is 1.48. The van der Waals surface area contributed by atoms with Crippen molar-refractivity contribution in [3.05, 3.63) is 23.7 Å². The molecule has 0 saturated heterocycles. The molecule has 0 atom stereocenters. The number of thioether (sulfide) groups is 1. The molecule has 0 saturated carbocycles. The molecule has 2 rings (SSSR count). The van der Waals surface area contributed by atoms with Gasteiger partial charge in [0.1, 0.15) is 5.03 Å². The molecule has 0 amide bonds. The number of Topliss-reactive ketones (excluding diaryl/α,β-unsaturated/α-hetero) is 1. The van der Waals surface area contributed by atoms with Gasteiger partial charge >= 0.3 is 0 Å². The van der Waals surface area contributed by atoms with E-state index in [9.17, 15) is 4.79 Å². The van der Waals surface area contributed by atoms with E-state index in [0.29, 0.717) is 23.8 Å². The zero-order valence-electron chi connectivity index (χ0n) is 10.7. The Morgan fingerprint density at radius 3 is 2.95 bits per heavy atom. The molecule has 2 aromatic heterocycles. The minimum Gasteiger partial charge on any atom is -0.353 e. The Labute approximate surface area is 114 Å². The Hall–Kier alpha value is -1.96. The lowest BCUT2D eigenvalue weighted by molar-refractivity contribution is 0.101. The number of hydrogen-bond acceptors (Lipinski definition) is 7. The van der Waals surface area contributed by atoms with Crippen LogP contribution >= 0.6 is 11.8 Å². The number of H-pyrrole nitrogens is 1. The van der Waals surface area contributed by atoms with E-state index >= 15 is 0 Å². The molecule has 0 aliphatic carbocycles. The Bertz CT molecular complexity index is 556. The van der Waals surface area contributed by atoms with Crippen molar-refractivity contribution in [3.63, 3.8) is 0 Å². The molecule has 7 nitrogen and oxygen atoms in total. The highest BCUT2D eigenvalue weighted by molar-refractivity contribution is 7.99. The summed E-state index contributed by atoms with van der Waals surface area (Å²) in [6, 6.07) is 0. The maximum absolute atomic E-state index is 11.2. The van der Waals surface area contributed by atoms with Crippen molar-refractivity contribution in [2.45, 2.75) is 18.9 Å². The SMILES string of the molecule is CC(=O)c1cnc(NCCSc2cn[nH]n2)nc1C. The van der Waals surface area contributed by atoms with Crippen molar-refractivity contribution in [1.29, 1.82) is 0 Å². The van der Waals surface area contributed by atoms with Gasteiger partial charge in [-0.3, -0.25) is 4.79 Å². The number of carbonyl (C=O) groups excluding carboxylic acids is 1. The minimum absolute atomic E-state index is 0.0226. The van der Waals surface area contributed by atoms with Crippen LogP contribution in [0.1, 0.15) is 23.0 Å². The topological polar surface area (TPSA) is 96.5 Å². The van der Waals surface area contributed by atoms with Crippen molar-refractivity contribution in [2.75, 3.05) is 17.6 Å². The molecule has 0 unspecified atom stereocenters. The van der Waals surface area contributed by atoms with Crippen molar-refractivity contribution in [2.24, 2.45) is 0 Å². The molecular formula is C11H14N6OS. The summed E-state index contributed by atoms with van der Waals surface area (Å²) in [5.41, 5.74) is 1.25. The fraction of sp³-hybridized carbons (Fsp3) is 0.364. The smallest absolute Gasteiger partial charge is 0.222 e. The van der Waals surface area contributed by atoms with E-state index in [1.807, 2.05) is 0 Å². The third-order valence-electron chi connectivity index (χ3n) is 2.39. The van der Waals surface area contributed by atoms with Gasteiger partial charge in [-0.2, -0.15) is 10.3 Å². The first kappa shape index (κ1) is 13.5. The van der Waals surface area contributed by atoms with Crippen LogP contribution in [0.15, 0.2) is 17.4 Å². The van der Waals surface area contributed by atoms with Crippen LogP contribution in [0, 0.1) is 6.92 Å². The van der Waals surface area contributed by atoms with Crippen LogP contribution < -0.4 is 5.32 Å². The zero-order chi connectivity index (χ0) is 13.7. The van der Waals surface area contributed by atoms with E-state index in [2.05, 4.69) is 30.7 Å². The van der Waals surface area contributed by atoms with Crippen molar-refractivity contribution in [1.82, 2.24) is 25.4 Å². The van der Waals surface area contributed by atoms with E-state index in [-0.39, 0.29) is 5.78 Å². The van der Waals surface area contributed by atoms with Gasteiger partial charge in [0, 0.05) is 18.5 Å². The third-order valence-corrected chi connectivity index (χ3v) is 3.29. The number of nitrogens with one attached hydrogen (secondary N) is 2. The van der Waals surface area contributed by atoms with Gasteiger partial charge in [0.25, 0.3) is 0 Å². The number of anilines is 1.